The number of hydrogen-bond acceptors (Lipinski definition) is 3. The number of carbonyl (C=O) groups excluding carboxylic acids is 1. The molecule has 0 aromatic rings. The van der Waals surface area contributed by atoms with Gasteiger partial charge in [-0.25, -0.2) is 4.79 Å². The van der Waals surface area contributed by atoms with E-state index in [1.165, 1.54) is 0 Å². The van der Waals surface area contributed by atoms with E-state index in [0.717, 1.165) is 32.1 Å². The number of aliphatic carboxylic acids is 1. The maximum atomic E-state index is 11.9. The lowest BCUT2D eigenvalue weighted by atomic mass is 9.97. The highest BCUT2D eigenvalue weighted by atomic mass is 16.4. The van der Waals surface area contributed by atoms with Gasteiger partial charge in [0.25, 0.3) is 0 Å². The van der Waals surface area contributed by atoms with E-state index >= 15 is 0 Å². The Hall–Kier alpha value is -1.30. The van der Waals surface area contributed by atoms with Crippen molar-refractivity contribution < 1.29 is 19.8 Å². The molecule has 1 saturated carbocycles. The number of hydrogen-bond donors (Lipinski definition) is 3. The van der Waals surface area contributed by atoms with Crippen LogP contribution in [0.2, 0.25) is 0 Å². The van der Waals surface area contributed by atoms with Crippen molar-refractivity contribution in [2.24, 2.45) is 5.92 Å². The Kier molecular flexibility index (Phi) is 4.63. The molecule has 0 bridgehead atoms. The number of nitrogens with one attached hydrogen (secondary N) is 1. The van der Waals surface area contributed by atoms with Gasteiger partial charge in [0.1, 0.15) is 0 Å². The van der Waals surface area contributed by atoms with Crippen LogP contribution in [0.25, 0.3) is 0 Å². The fourth-order valence-electron chi connectivity index (χ4n) is 2.82. The van der Waals surface area contributed by atoms with Gasteiger partial charge in [0.15, 0.2) is 0 Å². The first kappa shape index (κ1) is 14.1. The maximum Gasteiger partial charge on any atom is 0.317 e. The normalized spacial score (nSPS) is 28.4. The lowest BCUT2D eigenvalue weighted by Crippen LogP contribution is -2.57. The van der Waals surface area contributed by atoms with Gasteiger partial charge in [-0.05, 0) is 12.8 Å². The van der Waals surface area contributed by atoms with Gasteiger partial charge in [0.2, 0.25) is 0 Å². The van der Waals surface area contributed by atoms with Crippen molar-refractivity contribution in [3.05, 3.63) is 0 Å². The minimum Gasteiger partial charge on any atom is -0.481 e. The van der Waals surface area contributed by atoms with Gasteiger partial charge in [-0.1, -0.05) is 19.3 Å². The first-order valence-electron chi connectivity index (χ1n) is 7.01. The van der Waals surface area contributed by atoms with Crippen LogP contribution >= 0.6 is 0 Å². The molecule has 0 radical (unpaired) electrons. The van der Waals surface area contributed by atoms with E-state index in [1.54, 1.807) is 4.90 Å². The van der Waals surface area contributed by atoms with E-state index in [1.807, 2.05) is 0 Å². The second-order valence-electron chi connectivity index (χ2n) is 5.63. The van der Waals surface area contributed by atoms with E-state index in [0.29, 0.717) is 13.1 Å². The van der Waals surface area contributed by atoms with Crippen molar-refractivity contribution in [1.29, 1.82) is 0 Å². The summed E-state index contributed by atoms with van der Waals surface area (Å²) in [5.41, 5.74) is 0. The Morgan fingerprint density at radius 1 is 1.16 bits per heavy atom. The number of carboxylic acid groups (broad SMARTS) is 1. The summed E-state index contributed by atoms with van der Waals surface area (Å²) in [6, 6.07) is -0.332. The summed E-state index contributed by atoms with van der Waals surface area (Å²) < 4.78 is 0. The second-order valence-corrected chi connectivity index (χ2v) is 5.63. The molecule has 3 N–H and O–H groups in total. The Balaban J connectivity index is 1.74. The molecule has 0 spiro atoms. The van der Waals surface area contributed by atoms with E-state index in [2.05, 4.69) is 5.32 Å². The minimum absolute atomic E-state index is 0.0716. The molecule has 108 valence electrons. The summed E-state index contributed by atoms with van der Waals surface area (Å²) in [7, 11) is 0. The van der Waals surface area contributed by atoms with Crippen molar-refractivity contribution in [1.82, 2.24) is 10.2 Å². The number of nitrogens with zero attached hydrogens (tertiary/aromatic N) is 1. The highest BCUT2D eigenvalue weighted by Gasteiger charge is 2.33. The summed E-state index contributed by atoms with van der Waals surface area (Å²) in [5, 5.41) is 21.5. The molecule has 2 atom stereocenters. The number of carboxylic acids is 1. The van der Waals surface area contributed by atoms with E-state index in [4.69, 9.17) is 5.11 Å². The molecule has 0 aromatic carbocycles. The van der Waals surface area contributed by atoms with Crippen LogP contribution in [0.4, 0.5) is 4.79 Å². The standard InChI is InChI=1S/C13H22N2O4/c16-11-5-3-1-2-4-10(11)14-13(19)15-7-9(8-15)6-12(17)18/h9-11,16H,1-8H2,(H,14,19)(H,17,18). The quantitative estimate of drug-likeness (QED) is 0.662. The van der Waals surface area contributed by atoms with Gasteiger partial charge in [-0.2, -0.15) is 0 Å². The molecule has 2 rings (SSSR count). The average molecular weight is 270 g/mol. The second kappa shape index (κ2) is 6.23. The average Bonchev–Trinajstić information content (AvgIpc) is 2.48. The molecule has 2 amide bonds. The van der Waals surface area contributed by atoms with Crippen LogP contribution in [0.5, 0.6) is 0 Å². The van der Waals surface area contributed by atoms with Crippen molar-refractivity contribution in [2.75, 3.05) is 13.1 Å². The summed E-state index contributed by atoms with van der Waals surface area (Å²) in [6.07, 6.45) is 4.37. The lowest BCUT2D eigenvalue weighted by molar-refractivity contribution is -0.139. The number of rotatable bonds is 3. The van der Waals surface area contributed by atoms with Crippen LogP contribution in [0, 0.1) is 5.92 Å². The molecule has 0 aromatic heterocycles. The Labute approximate surface area is 112 Å². The molecular weight excluding hydrogens is 248 g/mol. The number of aliphatic hydroxyl groups is 1. The number of likely N-dealkylation sites (tertiary alicyclic amines) is 1. The van der Waals surface area contributed by atoms with Gasteiger partial charge in [0.05, 0.1) is 18.6 Å². The number of amides is 2. The summed E-state index contributed by atoms with van der Waals surface area (Å²) in [4.78, 5) is 24.1. The molecule has 19 heavy (non-hydrogen) atoms. The largest absolute Gasteiger partial charge is 0.481 e. The van der Waals surface area contributed by atoms with E-state index in [9.17, 15) is 14.7 Å². The van der Waals surface area contributed by atoms with Crippen molar-refractivity contribution in [3.63, 3.8) is 0 Å². The summed E-state index contributed by atoms with van der Waals surface area (Å²) >= 11 is 0. The smallest absolute Gasteiger partial charge is 0.317 e. The Bertz CT molecular complexity index is 342. The van der Waals surface area contributed by atoms with Crippen LogP contribution in [0.15, 0.2) is 0 Å². The third kappa shape index (κ3) is 3.83. The monoisotopic (exact) mass is 270 g/mol. The molecule has 2 unspecified atom stereocenters. The maximum absolute atomic E-state index is 11.9. The van der Waals surface area contributed by atoms with Crippen LogP contribution in [0.3, 0.4) is 0 Å². The predicted molar refractivity (Wildman–Crippen MR) is 68.7 cm³/mol. The molecule has 1 heterocycles. The van der Waals surface area contributed by atoms with Crippen molar-refractivity contribution in [2.45, 2.75) is 50.7 Å². The van der Waals surface area contributed by atoms with E-state index < -0.39 is 12.1 Å². The SMILES string of the molecule is O=C(O)CC1CN(C(=O)NC2CCCCCC2O)C1. The van der Waals surface area contributed by atoms with Gasteiger partial charge in [-0.3, -0.25) is 4.79 Å². The highest BCUT2D eigenvalue weighted by Crippen LogP contribution is 2.21. The molecule has 1 saturated heterocycles. The molecule has 2 fully saturated rings. The van der Waals surface area contributed by atoms with Crippen LogP contribution < -0.4 is 5.32 Å². The van der Waals surface area contributed by atoms with Gasteiger partial charge in [0, 0.05) is 19.0 Å². The van der Waals surface area contributed by atoms with Gasteiger partial charge >= 0.3 is 12.0 Å². The van der Waals surface area contributed by atoms with Crippen molar-refractivity contribution in [3.8, 4) is 0 Å². The molecule has 1 aliphatic carbocycles. The third-order valence-corrected chi connectivity index (χ3v) is 4.00. The number of urea groups is 1. The zero-order valence-corrected chi connectivity index (χ0v) is 11.0. The van der Waals surface area contributed by atoms with Gasteiger partial charge < -0.3 is 20.4 Å². The fraction of sp³-hybridized carbons (Fsp3) is 0.846. The first-order valence-corrected chi connectivity index (χ1v) is 7.01. The topological polar surface area (TPSA) is 89.9 Å². The Morgan fingerprint density at radius 2 is 1.84 bits per heavy atom. The molecular formula is C13H22N2O4. The molecule has 2 aliphatic rings. The fourth-order valence-corrected chi connectivity index (χ4v) is 2.82. The minimum atomic E-state index is -0.816. The zero-order chi connectivity index (χ0) is 13.8. The van der Waals surface area contributed by atoms with E-state index in [-0.39, 0.29) is 24.4 Å². The molecule has 6 nitrogen and oxygen atoms in total. The molecule has 1 aliphatic heterocycles. The van der Waals surface area contributed by atoms with Crippen molar-refractivity contribution >= 4 is 12.0 Å². The first-order chi connectivity index (χ1) is 9.06. The molecule has 6 heteroatoms. The predicted octanol–water partition coefficient (Wildman–Crippen LogP) is 0.796. The summed E-state index contributed by atoms with van der Waals surface area (Å²) in [5.74, 6) is -0.744. The summed E-state index contributed by atoms with van der Waals surface area (Å²) in [6.45, 7) is 1.00. The van der Waals surface area contributed by atoms with Crippen LogP contribution in [-0.4, -0.2) is 52.3 Å². The van der Waals surface area contributed by atoms with Crippen LogP contribution in [-0.2, 0) is 4.79 Å². The Morgan fingerprint density at radius 3 is 2.53 bits per heavy atom. The van der Waals surface area contributed by atoms with Crippen LogP contribution in [0.1, 0.15) is 38.5 Å². The zero-order valence-electron chi connectivity index (χ0n) is 11.0. The highest BCUT2D eigenvalue weighted by molar-refractivity contribution is 5.76. The van der Waals surface area contributed by atoms with Gasteiger partial charge in [-0.15, -0.1) is 0 Å². The number of aliphatic hydroxyl groups excluding tert-OH is 1. The lowest BCUT2D eigenvalue weighted by Gasteiger charge is -2.39. The number of carbonyl (C=O) groups is 2. The third-order valence-electron chi connectivity index (χ3n) is 4.00.